The Hall–Kier alpha value is -2.80. The summed E-state index contributed by atoms with van der Waals surface area (Å²) in [4.78, 5) is 12.0. The molecule has 0 aromatic heterocycles. The minimum atomic E-state index is -0.403. The van der Waals surface area contributed by atoms with Crippen molar-refractivity contribution in [3.05, 3.63) is 48.0 Å². The first kappa shape index (κ1) is 18.5. The number of nitrogens with one attached hydrogen (secondary N) is 2. The van der Waals surface area contributed by atoms with Crippen LogP contribution in [-0.2, 0) is 4.74 Å². The molecule has 0 unspecified atom stereocenters. The predicted octanol–water partition coefficient (Wildman–Crippen LogP) is 3.69. The van der Waals surface area contributed by atoms with Crippen LogP contribution in [0.25, 0.3) is 0 Å². The van der Waals surface area contributed by atoms with Crippen molar-refractivity contribution in [3.63, 3.8) is 0 Å². The van der Waals surface area contributed by atoms with Gasteiger partial charge in [-0.15, -0.1) is 0 Å². The van der Waals surface area contributed by atoms with Gasteiger partial charge in [0.1, 0.15) is 0 Å². The van der Waals surface area contributed by atoms with Crippen LogP contribution >= 0.6 is 12.2 Å². The molecule has 2 rings (SSSR count). The lowest BCUT2D eigenvalue weighted by Gasteiger charge is -2.15. The highest BCUT2D eigenvalue weighted by molar-refractivity contribution is 7.80. The van der Waals surface area contributed by atoms with Crippen LogP contribution in [0.4, 0.5) is 11.4 Å². The third-order valence-corrected chi connectivity index (χ3v) is 3.52. The highest BCUT2D eigenvalue weighted by Gasteiger charge is 2.13. The lowest BCUT2D eigenvalue weighted by molar-refractivity contribution is 0.0527. The van der Waals surface area contributed by atoms with E-state index in [9.17, 15) is 4.79 Å². The van der Waals surface area contributed by atoms with Gasteiger partial charge in [0.15, 0.2) is 16.6 Å². The van der Waals surface area contributed by atoms with Gasteiger partial charge in [-0.2, -0.15) is 0 Å². The molecule has 7 heteroatoms. The maximum atomic E-state index is 12.0. The Morgan fingerprint density at radius 2 is 1.76 bits per heavy atom. The van der Waals surface area contributed by atoms with Gasteiger partial charge in [0.25, 0.3) is 0 Å². The van der Waals surface area contributed by atoms with Crippen molar-refractivity contribution >= 4 is 34.7 Å². The summed E-state index contributed by atoms with van der Waals surface area (Å²) in [5.41, 5.74) is 1.71. The number of anilines is 2. The first-order chi connectivity index (χ1) is 12.1. The number of hydrogen-bond donors (Lipinski definition) is 2. The summed E-state index contributed by atoms with van der Waals surface area (Å²) in [5.74, 6) is 0.807. The second kappa shape index (κ2) is 8.89. The Bertz CT molecular complexity index is 764. The number of para-hydroxylation sites is 1. The van der Waals surface area contributed by atoms with Gasteiger partial charge in [-0.3, -0.25) is 0 Å². The molecular weight excluding hydrogens is 340 g/mol. The number of ether oxygens (including phenoxy) is 3. The van der Waals surface area contributed by atoms with Crippen molar-refractivity contribution in [2.24, 2.45) is 0 Å². The zero-order chi connectivity index (χ0) is 18.2. The molecule has 0 amide bonds. The zero-order valence-electron chi connectivity index (χ0n) is 14.3. The minimum Gasteiger partial charge on any atom is -0.493 e. The largest absolute Gasteiger partial charge is 0.493 e. The highest BCUT2D eigenvalue weighted by Crippen LogP contribution is 2.29. The van der Waals surface area contributed by atoms with E-state index in [1.54, 1.807) is 51.5 Å². The first-order valence-electron chi connectivity index (χ1n) is 7.65. The van der Waals surface area contributed by atoms with E-state index in [1.165, 1.54) is 0 Å². The molecule has 2 aromatic carbocycles. The summed E-state index contributed by atoms with van der Waals surface area (Å²) >= 11 is 5.32. The van der Waals surface area contributed by atoms with Gasteiger partial charge in [0.2, 0.25) is 0 Å². The van der Waals surface area contributed by atoms with Crippen molar-refractivity contribution in [1.82, 2.24) is 0 Å². The van der Waals surface area contributed by atoms with Crippen LogP contribution < -0.4 is 20.1 Å². The normalized spacial score (nSPS) is 9.88. The molecule has 0 radical (unpaired) electrons. The molecule has 0 saturated carbocycles. The van der Waals surface area contributed by atoms with Crippen LogP contribution in [0.5, 0.6) is 11.5 Å². The number of carbonyl (C=O) groups excluding carboxylic acids is 1. The summed E-state index contributed by atoms with van der Waals surface area (Å²) in [6.45, 7) is 2.07. The topological polar surface area (TPSA) is 68.8 Å². The molecule has 2 N–H and O–H groups in total. The smallest absolute Gasteiger partial charge is 0.340 e. The van der Waals surface area contributed by atoms with Crippen molar-refractivity contribution < 1.29 is 19.0 Å². The van der Waals surface area contributed by atoms with E-state index in [0.29, 0.717) is 34.5 Å². The lowest BCUT2D eigenvalue weighted by atomic mass is 10.2. The zero-order valence-corrected chi connectivity index (χ0v) is 15.1. The number of carbonyl (C=O) groups is 1. The average Bonchev–Trinajstić information content (AvgIpc) is 2.62. The van der Waals surface area contributed by atoms with Crippen molar-refractivity contribution in [3.8, 4) is 11.5 Å². The first-order valence-corrected chi connectivity index (χ1v) is 8.06. The summed E-state index contributed by atoms with van der Waals surface area (Å²) in [7, 11) is 3.14. The lowest BCUT2D eigenvalue weighted by Crippen LogP contribution is -2.21. The summed E-state index contributed by atoms with van der Waals surface area (Å²) in [6.07, 6.45) is 0. The Morgan fingerprint density at radius 3 is 2.44 bits per heavy atom. The van der Waals surface area contributed by atoms with E-state index in [4.69, 9.17) is 26.4 Å². The van der Waals surface area contributed by atoms with E-state index in [2.05, 4.69) is 10.6 Å². The van der Waals surface area contributed by atoms with Gasteiger partial charge in [0.05, 0.1) is 32.1 Å². The number of rotatable bonds is 6. The van der Waals surface area contributed by atoms with Gasteiger partial charge in [-0.1, -0.05) is 12.1 Å². The fourth-order valence-corrected chi connectivity index (χ4v) is 2.41. The molecule has 2 aromatic rings. The monoisotopic (exact) mass is 360 g/mol. The molecule has 132 valence electrons. The van der Waals surface area contributed by atoms with Gasteiger partial charge < -0.3 is 24.8 Å². The van der Waals surface area contributed by atoms with E-state index >= 15 is 0 Å². The summed E-state index contributed by atoms with van der Waals surface area (Å²) in [6, 6.07) is 12.4. The molecular formula is C18H20N2O4S. The summed E-state index contributed by atoms with van der Waals surface area (Å²) in [5, 5.41) is 6.40. The molecule has 25 heavy (non-hydrogen) atoms. The van der Waals surface area contributed by atoms with Crippen molar-refractivity contribution in [2.75, 3.05) is 31.5 Å². The molecule has 0 aliphatic carbocycles. The van der Waals surface area contributed by atoms with Gasteiger partial charge >= 0.3 is 5.97 Å². The van der Waals surface area contributed by atoms with Crippen LogP contribution in [0, 0.1) is 0 Å². The Morgan fingerprint density at radius 1 is 1.04 bits per heavy atom. The van der Waals surface area contributed by atoms with Crippen LogP contribution in [0.15, 0.2) is 42.5 Å². The van der Waals surface area contributed by atoms with E-state index in [-0.39, 0.29) is 0 Å². The second-order valence-corrected chi connectivity index (χ2v) is 5.32. The van der Waals surface area contributed by atoms with Crippen molar-refractivity contribution in [1.29, 1.82) is 0 Å². The van der Waals surface area contributed by atoms with Crippen LogP contribution in [0.2, 0.25) is 0 Å². The number of benzene rings is 2. The Balaban J connectivity index is 2.12. The van der Waals surface area contributed by atoms with E-state index in [0.717, 1.165) is 5.69 Å². The summed E-state index contributed by atoms with van der Waals surface area (Å²) < 4.78 is 15.5. The average molecular weight is 360 g/mol. The molecule has 0 atom stereocenters. The van der Waals surface area contributed by atoms with Gasteiger partial charge in [0, 0.05) is 11.8 Å². The van der Waals surface area contributed by atoms with Gasteiger partial charge in [-0.05, 0) is 43.4 Å². The molecule has 0 aliphatic rings. The van der Waals surface area contributed by atoms with Crippen LogP contribution in [0.3, 0.4) is 0 Å². The molecule has 0 spiro atoms. The molecule has 0 saturated heterocycles. The number of methoxy groups -OCH3 is 2. The molecule has 0 bridgehead atoms. The third-order valence-electron chi connectivity index (χ3n) is 3.31. The molecule has 0 aliphatic heterocycles. The quantitative estimate of drug-likeness (QED) is 0.601. The fourth-order valence-electron chi connectivity index (χ4n) is 2.18. The highest BCUT2D eigenvalue weighted by atomic mass is 32.1. The van der Waals surface area contributed by atoms with E-state index in [1.807, 2.05) is 12.1 Å². The fraction of sp³-hybridized carbons (Fsp3) is 0.222. The number of thiocarbonyl (C=S) groups is 1. The SMILES string of the molecule is CCOC(=O)c1ccccc1NC(=S)Nc1ccc(OC)c(OC)c1. The standard InChI is InChI=1S/C18H20N2O4S/c1-4-24-17(21)13-7-5-6-8-14(13)20-18(25)19-12-9-10-15(22-2)16(11-12)23-3/h5-11H,4H2,1-3H3,(H2,19,20,25). The predicted molar refractivity (Wildman–Crippen MR) is 102 cm³/mol. The molecule has 0 fully saturated rings. The van der Waals surface area contributed by atoms with Crippen LogP contribution in [-0.4, -0.2) is 31.9 Å². The minimum absolute atomic E-state index is 0.307. The van der Waals surface area contributed by atoms with Crippen LogP contribution in [0.1, 0.15) is 17.3 Å². The Labute approximate surface area is 152 Å². The van der Waals surface area contributed by atoms with Gasteiger partial charge in [-0.25, -0.2) is 4.79 Å². The van der Waals surface area contributed by atoms with E-state index < -0.39 is 5.97 Å². The second-order valence-electron chi connectivity index (χ2n) is 4.91. The number of hydrogen-bond acceptors (Lipinski definition) is 5. The maximum Gasteiger partial charge on any atom is 0.340 e. The third kappa shape index (κ3) is 4.84. The maximum absolute atomic E-state index is 12.0. The number of esters is 1. The molecule has 0 heterocycles. The van der Waals surface area contributed by atoms with Crippen molar-refractivity contribution in [2.45, 2.75) is 6.92 Å². The molecule has 6 nitrogen and oxygen atoms in total. The Kier molecular flexibility index (Phi) is 6.59.